The van der Waals surface area contributed by atoms with Crippen LogP contribution in [0, 0.1) is 0 Å². The molecule has 0 fully saturated rings. The Balaban J connectivity index is 1.31. The normalized spacial score (nSPS) is 17.7. The van der Waals surface area contributed by atoms with Crippen LogP contribution < -0.4 is 18.9 Å². The molecule has 2 aliphatic rings. The van der Waals surface area contributed by atoms with Gasteiger partial charge in [0.05, 0.1) is 23.1 Å². The second-order valence-corrected chi connectivity index (χ2v) is 9.84. The summed E-state index contributed by atoms with van der Waals surface area (Å²) in [6, 6.07) is 11.0. The van der Waals surface area contributed by atoms with Crippen molar-refractivity contribution in [3.8, 4) is 28.8 Å². The summed E-state index contributed by atoms with van der Waals surface area (Å²) in [5, 5.41) is 20.8. The first-order valence-corrected chi connectivity index (χ1v) is 13.0. The SMILES string of the molecule is CC(Oc1cc(-n2nc(C(F)(F)F)c3c2[C@@H](Oc2ccc(C(=O)O)cc2)CCC3)cnn1)c1ccc2c(c1)OC(F)(F)O2. The number of rotatable bonds is 7. The molecule has 1 aliphatic carbocycles. The molecular weight excluding hydrogens is 583 g/mol. The van der Waals surface area contributed by atoms with Crippen LogP contribution in [0.25, 0.3) is 5.69 Å². The lowest BCUT2D eigenvalue weighted by Crippen LogP contribution is -2.25. The first-order chi connectivity index (χ1) is 20.4. The molecule has 1 aliphatic heterocycles. The summed E-state index contributed by atoms with van der Waals surface area (Å²) >= 11 is 0. The van der Waals surface area contributed by atoms with Gasteiger partial charge in [-0.2, -0.15) is 23.4 Å². The first kappa shape index (κ1) is 28.2. The molecule has 10 nitrogen and oxygen atoms in total. The number of aromatic carboxylic acids is 1. The second kappa shape index (κ2) is 10.4. The molecule has 4 aromatic rings. The van der Waals surface area contributed by atoms with Gasteiger partial charge in [0.1, 0.15) is 18.0 Å². The number of hydrogen-bond donors (Lipinski definition) is 1. The van der Waals surface area contributed by atoms with Gasteiger partial charge in [0.15, 0.2) is 17.2 Å². The Kier molecular flexibility index (Phi) is 6.81. The smallest absolute Gasteiger partial charge is 0.484 e. The van der Waals surface area contributed by atoms with E-state index in [2.05, 4.69) is 24.8 Å². The maximum atomic E-state index is 14.1. The van der Waals surface area contributed by atoms with Crippen LogP contribution in [-0.4, -0.2) is 37.3 Å². The van der Waals surface area contributed by atoms with Crippen molar-refractivity contribution in [1.29, 1.82) is 0 Å². The molecular formula is C28H21F5N4O6. The van der Waals surface area contributed by atoms with Crippen LogP contribution in [0.1, 0.15) is 64.8 Å². The zero-order chi connectivity index (χ0) is 30.5. The van der Waals surface area contributed by atoms with Crippen LogP contribution >= 0.6 is 0 Å². The summed E-state index contributed by atoms with van der Waals surface area (Å²) in [4.78, 5) is 11.2. The highest BCUT2D eigenvalue weighted by Gasteiger charge is 2.44. The van der Waals surface area contributed by atoms with E-state index < -0.39 is 36.3 Å². The fraction of sp³-hybridized carbons (Fsp3) is 0.286. The van der Waals surface area contributed by atoms with E-state index in [0.717, 1.165) is 4.68 Å². The third-order valence-electron chi connectivity index (χ3n) is 6.92. The predicted molar refractivity (Wildman–Crippen MR) is 136 cm³/mol. The van der Waals surface area contributed by atoms with E-state index in [1.54, 1.807) is 6.92 Å². The summed E-state index contributed by atoms with van der Waals surface area (Å²) < 4.78 is 90.9. The summed E-state index contributed by atoms with van der Waals surface area (Å²) in [7, 11) is 0. The lowest BCUT2D eigenvalue weighted by molar-refractivity contribution is -0.286. The number of benzene rings is 2. The Bertz CT molecular complexity index is 1690. The molecule has 3 heterocycles. The molecule has 0 amide bonds. The Morgan fingerprint density at radius 3 is 2.58 bits per heavy atom. The van der Waals surface area contributed by atoms with Gasteiger partial charge in [-0.3, -0.25) is 0 Å². The number of nitrogens with zero attached hydrogens (tertiary/aromatic N) is 4. The molecule has 2 atom stereocenters. The van der Waals surface area contributed by atoms with Crippen LogP contribution in [0.4, 0.5) is 22.0 Å². The van der Waals surface area contributed by atoms with Gasteiger partial charge < -0.3 is 24.1 Å². The van der Waals surface area contributed by atoms with Gasteiger partial charge in [0.2, 0.25) is 5.88 Å². The van der Waals surface area contributed by atoms with Gasteiger partial charge in [-0.15, -0.1) is 13.9 Å². The summed E-state index contributed by atoms with van der Waals surface area (Å²) in [6.07, 6.45) is -8.01. The van der Waals surface area contributed by atoms with Crippen LogP contribution in [-0.2, 0) is 12.6 Å². The van der Waals surface area contributed by atoms with Gasteiger partial charge in [-0.05, 0) is 68.1 Å². The first-order valence-electron chi connectivity index (χ1n) is 13.0. The molecule has 2 aromatic heterocycles. The topological polar surface area (TPSA) is 118 Å². The van der Waals surface area contributed by atoms with Crippen LogP contribution in [0.3, 0.4) is 0 Å². The fourth-order valence-corrected chi connectivity index (χ4v) is 5.00. The van der Waals surface area contributed by atoms with Gasteiger partial charge >= 0.3 is 18.4 Å². The Labute approximate surface area is 239 Å². The second-order valence-electron chi connectivity index (χ2n) is 9.84. The number of alkyl halides is 5. The van der Waals surface area contributed by atoms with Crippen molar-refractivity contribution in [2.24, 2.45) is 0 Å². The number of halogens is 5. The molecule has 224 valence electrons. The maximum Gasteiger partial charge on any atom is 0.586 e. The van der Waals surface area contributed by atoms with E-state index in [9.17, 15) is 26.7 Å². The zero-order valence-corrected chi connectivity index (χ0v) is 22.1. The molecule has 15 heteroatoms. The van der Waals surface area contributed by atoms with E-state index in [0.29, 0.717) is 18.4 Å². The molecule has 6 rings (SSSR count). The number of carbonyl (C=O) groups is 1. The minimum absolute atomic E-state index is 0.0179. The van der Waals surface area contributed by atoms with E-state index in [-0.39, 0.29) is 52.1 Å². The molecule has 2 aromatic carbocycles. The predicted octanol–water partition coefficient (Wildman–Crippen LogP) is 6.30. The maximum absolute atomic E-state index is 14.1. The van der Waals surface area contributed by atoms with E-state index in [1.165, 1.54) is 54.7 Å². The van der Waals surface area contributed by atoms with Crippen LogP contribution in [0.2, 0.25) is 0 Å². The largest absolute Gasteiger partial charge is 0.586 e. The van der Waals surface area contributed by atoms with Crippen molar-refractivity contribution >= 4 is 5.97 Å². The van der Waals surface area contributed by atoms with Crippen LogP contribution in [0.5, 0.6) is 23.1 Å². The highest BCUT2D eigenvalue weighted by molar-refractivity contribution is 5.87. The molecule has 0 saturated carbocycles. The van der Waals surface area contributed by atoms with Crippen molar-refractivity contribution in [2.45, 2.75) is 50.9 Å². The molecule has 1 N–H and O–H groups in total. The Hall–Kier alpha value is -4.95. The number of aromatic nitrogens is 4. The summed E-state index contributed by atoms with van der Waals surface area (Å²) in [5.41, 5.74) is -0.317. The third kappa shape index (κ3) is 5.61. The minimum atomic E-state index is -4.75. The average Bonchev–Trinajstić information content (AvgIpc) is 3.50. The van der Waals surface area contributed by atoms with Crippen molar-refractivity contribution < 1.29 is 50.8 Å². The third-order valence-corrected chi connectivity index (χ3v) is 6.92. The highest BCUT2D eigenvalue weighted by Crippen LogP contribution is 2.43. The van der Waals surface area contributed by atoms with Crippen molar-refractivity contribution in [3.63, 3.8) is 0 Å². The lowest BCUT2D eigenvalue weighted by atomic mass is 9.93. The van der Waals surface area contributed by atoms with Gasteiger partial charge in [0, 0.05) is 11.6 Å². The van der Waals surface area contributed by atoms with Gasteiger partial charge in [-0.25, -0.2) is 9.48 Å². The average molecular weight is 604 g/mol. The Morgan fingerprint density at radius 1 is 1.12 bits per heavy atom. The standard InChI is InChI=1S/C28H21F5N4O6/c1-14(16-7-10-20-22(11-16)43-28(32,33)42-20)40-23-12-17(13-34-35-23)37-24-19(25(36-37)27(29,30)31)3-2-4-21(24)41-18-8-5-15(6-9-18)26(38)39/h5-14,21H,2-4H2,1H3,(H,38,39)/t14?,21-/m0/s1. The number of fused-ring (bicyclic) bond motifs is 2. The minimum Gasteiger partial charge on any atom is -0.484 e. The molecule has 0 saturated heterocycles. The molecule has 0 radical (unpaired) electrons. The van der Waals surface area contributed by atoms with E-state index in [4.69, 9.17) is 14.6 Å². The molecule has 43 heavy (non-hydrogen) atoms. The lowest BCUT2D eigenvalue weighted by Gasteiger charge is -2.26. The summed E-state index contributed by atoms with van der Waals surface area (Å²) in [6.45, 7) is 1.61. The number of ether oxygens (including phenoxy) is 4. The zero-order valence-electron chi connectivity index (χ0n) is 22.1. The highest BCUT2D eigenvalue weighted by atomic mass is 19.4. The van der Waals surface area contributed by atoms with E-state index >= 15 is 0 Å². The van der Waals surface area contributed by atoms with Crippen LogP contribution in [0.15, 0.2) is 54.7 Å². The van der Waals surface area contributed by atoms with Gasteiger partial charge in [-0.1, -0.05) is 6.07 Å². The number of carboxylic acids is 1. The molecule has 0 bridgehead atoms. The fourth-order valence-electron chi connectivity index (χ4n) is 5.00. The van der Waals surface area contributed by atoms with E-state index in [1.807, 2.05) is 0 Å². The summed E-state index contributed by atoms with van der Waals surface area (Å²) in [5.74, 6) is -1.23. The number of hydrogen-bond acceptors (Lipinski definition) is 8. The number of carboxylic acid groups (broad SMARTS) is 1. The molecule has 1 unspecified atom stereocenters. The van der Waals surface area contributed by atoms with Crippen molar-refractivity contribution in [3.05, 3.63) is 82.8 Å². The van der Waals surface area contributed by atoms with Crippen molar-refractivity contribution in [2.75, 3.05) is 0 Å². The Morgan fingerprint density at radius 2 is 1.86 bits per heavy atom. The van der Waals surface area contributed by atoms with Gasteiger partial charge in [0.25, 0.3) is 0 Å². The van der Waals surface area contributed by atoms with Crippen molar-refractivity contribution in [1.82, 2.24) is 20.0 Å². The monoisotopic (exact) mass is 604 g/mol. The quantitative estimate of drug-likeness (QED) is 0.243. The molecule has 0 spiro atoms.